The summed E-state index contributed by atoms with van der Waals surface area (Å²) in [6, 6.07) is 0. The fraction of sp³-hybridized carbons (Fsp3) is 1.00. The van der Waals surface area contributed by atoms with E-state index in [9.17, 15) is 0 Å². The maximum absolute atomic E-state index is 2.84. The Balaban J connectivity index is 1.21. The monoisotopic (exact) mass is 719 g/mol. The van der Waals surface area contributed by atoms with Crippen molar-refractivity contribution >= 4 is 0 Å². The van der Waals surface area contributed by atoms with Crippen LogP contribution in [0.5, 0.6) is 0 Å². The Kier molecular flexibility index (Phi) is 12.3. The van der Waals surface area contributed by atoms with Crippen LogP contribution in [0.4, 0.5) is 0 Å². The molecule has 0 heterocycles. The molecule has 0 aromatic heterocycles. The van der Waals surface area contributed by atoms with E-state index in [2.05, 4.69) is 111 Å². The number of fused-ring (bicyclic) bond motifs is 3. The lowest BCUT2D eigenvalue weighted by Gasteiger charge is -2.73. The molecule has 0 spiro atoms. The third-order valence-electron chi connectivity index (χ3n) is 21.7. The van der Waals surface area contributed by atoms with Gasteiger partial charge in [-0.2, -0.15) is 0 Å². The van der Waals surface area contributed by atoms with Gasteiger partial charge < -0.3 is 0 Å². The molecule has 6 aliphatic carbocycles. The lowest BCUT2D eigenvalue weighted by atomic mass is 9.31. The summed E-state index contributed by atoms with van der Waals surface area (Å²) < 4.78 is 0. The first-order valence-corrected chi connectivity index (χ1v) is 24.3. The summed E-state index contributed by atoms with van der Waals surface area (Å²) in [5.41, 5.74) is 1.40. The van der Waals surface area contributed by atoms with Gasteiger partial charge in [0.2, 0.25) is 0 Å². The Labute approximate surface area is 327 Å². The van der Waals surface area contributed by atoms with Crippen molar-refractivity contribution in [3.05, 3.63) is 0 Å². The second kappa shape index (κ2) is 15.4. The minimum Gasteiger partial charge on any atom is -0.0651 e. The molecule has 302 valence electrons. The topological polar surface area (TPSA) is 0 Å². The highest BCUT2D eigenvalue weighted by Crippen LogP contribution is 2.75. The smallest absolute Gasteiger partial charge is 0.0215 e. The average Bonchev–Trinajstić information content (AvgIpc) is 3.06. The van der Waals surface area contributed by atoms with Gasteiger partial charge in [-0.3, -0.25) is 0 Å². The zero-order valence-electron chi connectivity index (χ0n) is 38.2. The van der Waals surface area contributed by atoms with Gasteiger partial charge in [-0.05, 0) is 186 Å². The van der Waals surface area contributed by atoms with E-state index in [4.69, 9.17) is 0 Å². The second-order valence-electron chi connectivity index (χ2n) is 24.2. The number of hydrogen-bond acceptors (Lipinski definition) is 0. The van der Waals surface area contributed by atoms with Gasteiger partial charge in [0.15, 0.2) is 0 Å². The summed E-state index contributed by atoms with van der Waals surface area (Å²) in [6.45, 7) is 42.9. The van der Waals surface area contributed by atoms with Gasteiger partial charge in [-0.25, -0.2) is 0 Å². The molecule has 6 saturated carbocycles. The van der Waals surface area contributed by atoms with Gasteiger partial charge >= 0.3 is 0 Å². The zero-order chi connectivity index (χ0) is 38.2. The van der Waals surface area contributed by atoms with Crippen molar-refractivity contribution in [3.8, 4) is 0 Å². The lowest BCUT2D eigenvalue weighted by Crippen LogP contribution is -2.67. The van der Waals surface area contributed by atoms with Crippen LogP contribution >= 0.6 is 0 Å². The molecule has 0 N–H and O–H groups in total. The number of rotatable bonds is 8. The fourth-order valence-corrected chi connectivity index (χ4v) is 18.9. The predicted molar refractivity (Wildman–Crippen MR) is 228 cm³/mol. The van der Waals surface area contributed by atoms with Crippen LogP contribution in [0.3, 0.4) is 0 Å². The minimum atomic E-state index is 0.438. The van der Waals surface area contributed by atoms with E-state index in [0.717, 1.165) is 118 Å². The highest BCUT2D eigenvalue weighted by molar-refractivity contribution is 5.17. The Morgan fingerprint density at radius 1 is 0.596 bits per heavy atom. The summed E-state index contributed by atoms with van der Waals surface area (Å²) in [5, 5.41) is 0. The molecule has 6 aliphatic rings. The van der Waals surface area contributed by atoms with Crippen LogP contribution < -0.4 is 0 Å². The normalized spacial score (nSPS) is 55.5. The van der Waals surface area contributed by atoms with Crippen molar-refractivity contribution < 1.29 is 0 Å². The summed E-state index contributed by atoms with van der Waals surface area (Å²) in [5.74, 6) is 18.0. The SMILES string of the molecule is CCC1CC(CC2CCCCC2CCC2CC(C(C)C)C3CC4(C)CC5(C)CC(C)C(C(C)C)C(C)C5(C)C(C)C4C(C)C3C2C)C(C)C(C)C1C. The Hall–Kier alpha value is 0. The van der Waals surface area contributed by atoms with Crippen LogP contribution in [0.15, 0.2) is 0 Å². The second-order valence-corrected chi connectivity index (χ2v) is 24.2. The van der Waals surface area contributed by atoms with Gasteiger partial charge in [0.1, 0.15) is 0 Å². The molecule has 0 nitrogen and oxygen atoms in total. The maximum Gasteiger partial charge on any atom is -0.0215 e. The largest absolute Gasteiger partial charge is 0.0651 e. The van der Waals surface area contributed by atoms with E-state index in [-0.39, 0.29) is 0 Å². The first kappa shape index (κ1) is 41.6. The molecule has 6 fully saturated rings. The molecular formula is C52H94. The summed E-state index contributed by atoms with van der Waals surface area (Å²) in [4.78, 5) is 0. The molecule has 0 heteroatoms. The molecule has 6 rings (SSSR count). The van der Waals surface area contributed by atoms with Gasteiger partial charge in [-0.15, -0.1) is 0 Å². The first-order valence-electron chi connectivity index (χ1n) is 24.3. The molecule has 21 atom stereocenters. The average molecular weight is 719 g/mol. The summed E-state index contributed by atoms with van der Waals surface area (Å²) in [7, 11) is 0. The number of hydrogen-bond donors (Lipinski definition) is 0. The molecule has 52 heavy (non-hydrogen) atoms. The third-order valence-corrected chi connectivity index (χ3v) is 21.7. The van der Waals surface area contributed by atoms with Crippen molar-refractivity contribution in [2.75, 3.05) is 0 Å². The van der Waals surface area contributed by atoms with Crippen LogP contribution in [-0.2, 0) is 0 Å². The Morgan fingerprint density at radius 3 is 1.83 bits per heavy atom. The fourth-order valence-electron chi connectivity index (χ4n) is 18.9. The van der Waals surface area contributed by atoms with Crippen LogP contribution in [0, 0.1) is 135 Å². The van der Waals surface area contributed by atoms with Gasteiger partial charge in [0.05, 0.1) is 0 Å². The van der Waals surface area contributed by atoms with Crippen LogP contribution in [-0.4, -0.2) is 0 Å². The molecule has 0 bridgehead atoms. The summed E-state index contributed by atoms with van der Waals surface area (Å²) in [6.07, 6.45) is 19.6. The van der Waals surface area contributed by atoms with E-state index < -0.39 is 0 Å². The van der Waals surface area contributed by atoms with E-state index in [1.807, 2.05) is 0 Å². The molecule has 0 saturated heterocycles. The van der Waals surface area contributed by atoms with E-state index in [1.165, 1.54) is 70.6 Å². The maximum atomic E-state index is 2.84. The molecule has 0 radical (unpaired) electrons. The van der Waals surface area contributed by atoms with E-state index in [0.29, 0.717) is 16.2 Å². The zero-order valence-corrected chi connectivity index (χ0v) is 38.2. The Bertz CT molecular complexity index is 1180. The quantitative estimate of drug-likeness (QED) is 0.234. The third kappa shape index (κ3) is 6.79. The predicted octanol–water partition coefficient (Wildman–Crippen LogP) is 15.7. The standard InChI is InChI=1S/C52H94/c1-17-40-24-44(35(9)33(7)34(40)8)25-43-21-19-18-20-41(43)22-23-42-26-45(30(2)3)46-28-50(14)29-51(15)27-32(6)47(31(4)5)38(12)52(51,16)39(13)49(50)37(11)48(46)36(42)10/h30-49H,17-29H2,1-16H3. The summed E-state index contributed by atoms with van der Waals surface area (Å²) >= 11 is 0. The van der Waals surface area contributed by atoms with E-state index in [1.54, 1.807) is 12.8 Å². The van der Waals surface area contributed by atoms with Crippen molar-refractivity contribution in [1.29, 1.82) is 0 Å². The molecule has 0 aromatic carbocycles. The molecule has 0 aliphatic heterocycles. The molecule has 21 unspecified atom stereocenters. The highest BCUT2D eigenvalue weighted by atomic mass is 14.7. The Morgan fingerprint density at radius 2 is 1.21 bits per heavy atom. The first-order chi connectivity index (χ1) is 24.3. The van der Waals surface area contributed by atoms with Crippen molar-refractivity contribution in [2.24, 2.45) is 135 Å². The minimum absolute atomic E-state index is 0.438. The van der Waals surface area contributed by atoms with Crippen LogP contribution in [0.1, 0.15) is 194 Å². The highest BCUT2D eigenvalue weighted by Gasteiger charge is 2.69. The lowest BCUT2D eigenvalue weighted by molar-refractivity contribution is -0.251. The molecule has 0 amide bonds. The van der Waals surface area contributed by atoms with Crippen LogP contribution in [0.2, 0.25) is 0 Å². The van der Waals surface area contributed by atoms with Gasteiger partial charge in [-0.1, -0.05) is 143 Å². The van der Waals surface area contributed by atoms with Crippen LogP contribution in [0.25, 0.3) is 0 Å². The van der Waals surface area contributed by atoms with Crippen molar-refractivity contribution in [1.82, 2.24) is 0 Å². The molecular weight excluding hydrogens is 625 g/mol. The van der Waals surface area contributed by atoms with Gasteiger partial charge in [0.25, 0.3) is 0 Å². The van der Waals surface area contributed by atoms with E-state index >= 15 is 0 Å². The van der Waals surface area contributed by atoms with Crippen molar-refractivity contribution in [2.45, 2.75) is 194 Å². The van der Waals surface area contributed by atoms with Gasteiger partial charge in [0, 0.05) is 0 Å². The molecule has 0 aromatic rings. The van der Waals surface area contributed by atoms with Crippen molar-refractivity contribution in [3.63, 3.8) is 0 Å².